The lowest BCUT2D eigenvalue weighted by atomic mass is 9.89. The number of benzene rings is 1. The van der Waals surface area contributed by atoms with Crippen LogP contribution >= 0.6 is 0 Å². The molecule has 0 bridgehead atoms. The van der Waals surface area contributed by atoms with Gasteiger partial charge in [0.1, 0.15) is 5.75 Å². The molecule has 0 aromatic heterocycles. The minimum Gasteiger partial charge on any atom is -0.494 e. The minimum atomic E-state index is 0.202. The van der Waals surface area contributed by atoms with Gasteiger partial charge >= 0.3 is 0 Å². The highest BCUT2D eigenvalue weighted by Gasteiger charge is 2.27. The Morgan fingerprint density at radius 2 is 2.26 bits per heavy atom. The molecular weight excluding hydrogens is 238 g/mol. The highest BCUT2D eigenvalue weighted by atomic mass is 16.5. The monoisotopic (exact) mass is 263 g/mol. The summed E-state index contributed by atoms with van der Waals surface area (Å²) in [6.07, 6.45) is 2.60. The van der Waals surface area contributed by atoms with Crippen molar-refractivity contribution in [3.05, 3.63) is 29.8 Å². The van der Waals surface area contributed by atoms with Crippen LogP contribution in [0.3, 0.4) is 0 Å². The van der Waals surface area contributed by atoms with Gasteiger partial charge in [-0.1, -0.05) is 19.1 Å². The highest BCUT2D eigenvalue weighted by Crippen LogP contribution is 2.34. The van der Waals surface area contributed by atoms with E-state index in [9.17, 15) is 0 Å². The summed E-state index contributed by atoms with van der Waals surface area (Å²) in [6, 6.07) is 8.34. The van der Waals surface area contributed by atoms with Crippen molar-refractivity contribution < 1.29 is 9.47 Å². The van der Waals surface area contributed by atoms with Crippen LogP contribution < -0.4 is 10.1 Å². The lowest BCUT2D eigenvalue weighted by Crippen LogP contribution is -2.31. The molecule has 2 rings (SSSR count). The summed E-state index contributed by atoms with van der Waals surface area (Å²) in [5, 5.41) is 3.45. The van der Waals surface area contributed by atoms with Gasteiger partial charge in [0, 0.05) is 19.1 Å². The lowest BCUT2D eigenvalue weighted by Gasteiger charge is -2.32. The third kappa shape index (κ3) is 3.95. The molecule has 0 spiro atoms. The third-order valence-electron chi connectivity index (χ3n) is 3.60. The van der Waals surface area contributed by atoms with Gasteiger partial charge in [-0.15, -0.1) is 0 Å². The van der Waals surface area contributed by atoms with Crippen LogP contribution in [0.5, 0.6) is 5.75 Å². The second-order valence-electron chi connectivity index (χ2n) is 5.01. The molecule has 0 saturated carbocycles. The van der Waals surface area contributed by atoms with Crippen LogP contribution in [0.2, 0.25) is 0 Å². The standard InChI is InChI=1S/C16H25NO2/c1-3-17-12-14-8-6-10-19-16(14)13-7-5-9-15(11-13)18-4-2/h5,7,9,11,14,16-17H,3-4,6,8,10,12H2,1-2H3. The van der Waals surface area contributed by atoms with Gasteiger partial charge < -0.3 is 14.8 Å². The van der Waals surface area contributed by atoms with E-state index < -0.39 is 0 Å². The van der Waals surface area contributed by atoms with Gasteiger partial charge in [0.2, 0.25) is 0 Å². The number of hydrogen-bond acceptors (Lipinski definition) is 3. The van der Waals surface area contributed by atoms with E-state index in [4.69, 9.17) is 9.47 Å². The van der Waals surface area contributed by atoms with E-state index >= 15 is 0 Å². The van der Waals surface area contributed by atoms with Crippen molar-refractivity contribution in [2.75, 3.05) is 26.3 Å². The molecule has 2 atom stereocenters. The maximum absolute atomic E-state index is 6.01. The maximum Gasteiger partial charge on any atom is 0.119 e. The van der Waals surface area contributed by atoms with E-state index in [1.54, 1.807) is 0 Å². The summed E-state index contributed by atoms with van der Waals surface area (Å²) in [4.78, 5) is 0. The molecule has 1 aliphatic heterocycles. The lowest BCUT2D eigenvalue weighted by molar-refractivity contribution is -0.0277. The van der Waals surface area contributed by atoms with Crippen molar-refractivity contribution in [2.45, 2.75) is 32.8 Å². The van der Waals surface area contributed by atoms with Gasteiger partial charge in [-0.05, 0) is 44.0 Å². The summed E-state index contributed by atoms with van der Waals surface area (Å²) in [6.45, 7) is 7.77. The van der Waals surface area contributed by atoms with Gasteiger partial charge in [-0.3, -0.25) is 0 Å². The molecule has 1 fully saturated rings. The Bertz CT molecular complexity index is 381. The van der Waals surface area contributed by atoms with Gasteiger partial charge in [-0.2, -0.15) is 0 Å². The summed E-state index contributed by atoms with van der Waals surface area (Å²) >= 11 is 0. The molecule has 1 aromatic carbocycles. The molecule has 1 aromatic rings. The quantitative estimate of drug-likeness (QED) is 0.855. The third-order valence-corrected chi connectivity index (χ3v) is 3.60. The summed E-state index contributed by atoms with van der Waals surface area (Å²) in [7, 11) is 0. The van der Waals surface area contributed by atoms with E-state index in [0.29, 0.717) is 12.5 Å². The van der Waals surface area contributed by atoms with Crippen molar-refractivity contribution in [2.24, 2.45) is 5.92 Å². The molecule has 2 unspecified atom stereocenters. The zero-order valence-corrected chi connectivity index (χ0v) is 12.0. The smallest absolute Gasteiger partial charge is 0.119 e. The Hall–Kier alpha value is -1.06. The minimum absolute atomic E-state index is 0.202. The molecule has 0 amide bonds. The zero-order chi connectivity index (χ0) is 13.5. The first-order valence-electron chi connectivity index (χ1n) is 7.40. The average Bonchev–Trinajstić information content (AvgIpc) is 2.46. The Morgan fingerprint density at radius 3 is 3.05 bits per heavy atom. The molecule has 19 heavy (non-hydrogen) atoms. The predicted octanol–water partition coefficient (Wildman–Crippen LogP) is 3.16. The maximum atomic E-state index is 6.01. The zero-order valence-electron chi connectivity index (χ0n) is 12.0. The van der Waals surface area contributed by atoms with Crippen LogP contribution in [0.15, 0.2) is 24.3 Å². The number of nitrogens with one attached hydrogen (secondary N) is 1. The normalized spacial score (nSPS) is 23.3. The molecule has 1 heterocycles. The van der Waals surface area contributed by atoms with Crippen molar-refractivity contribution in [1.82, 2.24) is 5.32 Å². The fourth-order valence-electron chi connectivity index (χ4n) is 2.70. The van der Waals surface area contributed by atoms with Crippen LogP contribution in [-0.2, 0) is 4.74 Å². The van der Waals surface area contributed by atoms with E-state index in [0.717, 1.165) is 31.9 Å². The van der Waals surface area contributed by atoms with Crippen LogP contribution in [0, 0.1) is 5.92 Å². The highest BCUT2D eigenvalue weighted by molar-refractivity contribution is 5.30. The molecule has 106 valence electrons. The second kappa shape index (κ2) is 7.51. The molecule has 1 N–H and O–H groups in total. The average molecular weight is 263 g/mol. The number of rotatable bonds is 6. The Morgan fingerprint density at radius 1 is 1.37 bits per heavy atom. The van der Waals surface area contributed by atoms with E-state index in [1.807, 2.05) is 13.0 Å². The fourth-order valence-corrected chi connectivity index (χ4v) is 2.70. The first kappa shape index (κ1) is 14.4. The van der Waals surface area contributed by atoms with Crippen molar-refractivity contribution >= 4 is 0 Å². The van der Waals surface area contributed by atoms with Gasteiger partial charge in [0.15, 0.2) is 0 Å². The van der Waals surface area contributed by atoms with Crippen LogP contribution in [-0.4, -0.2) is 26.3 Å². The van der Waals surface area contributed by atoms with Crippen LogP contribution in [0.1, 0.15) is 38.4 Å². The van der Waals surface area contributed by atoms with Gasteiger partial charge in [0.05, 0.1) is 12.7 Å². The molecule has 1 saturated heterocycles. The van der Waals surface area contributed by atoms with Crippen LogP contribution in [0.25, 0.3) is 0 Å². The Balaban J connectivity index is 2.09. The summed E-state index contributed by atoms with van der Waals surface area (Å²) in [5.41, 5.74) is 1.24. The molecular formula is C16H25NO2. The number of hydrogen-bond donors (Lipinski definition) is 1. The van der Waals surface area contributed by atoms with Crippen LogP contribution in [0.4, 0.5) is 0 Å². The first-order chi connectivity index (χ1) is 9.35. The van der Waals surface area contributed by atoms with Crippen molar-refractivity contribution in [3.8, 4) is 5.75 Å². The summed E-state index contributed by atoms with van der Waals surface area (Å²) in [5.74, 6) is 1.50. The van der Waals surface area contributed by atoms with E-state index in [-0.39, 0.29) is 6.10 Å². The Labute approximate surface area is 116 Å². The molecule has 0 radical (unpaired) electrons. The van der Waals surface area contributed by atoms with Gasteiger partial charge in [-0.25, -0.2) is 0 Å². The topological polar surface area (TPSA) is 30.5 Å². The predicted molar refractivity (Wildman–Crippen MR) is 77.6 cm³/mol. The SMILES string of the molecule is CCNCC1CCCOC1c1cccc(OCC)c1. The molecule has 3 heteroatoms. The first-order valence-corrected chi connectivity index (χ1v) is 7.40. The van der Waals surface area contributed by atoms with Crippen molar-refractivity contribution in [1.29, 1.82) is 0 Å². The second-order valence-corrected chi connectivity index (χ2v) is 5.01. The molecule has 1 aliphatic rings. The summed E-state index contributed by atoms with van der Waals surface area (Å²) < 4.78 is 11.6. The van der Waals surface area contributed by atoms with Crippen molar-refractivity contribution in [3.63, 3.8) is 0 Å². The van der Waals surface area contributed by atoms with E-state index in [1.165, 1.54) is 12.0 Å². The largest absolute Gasteiger partial charge is 0.494 e. The van der Waals surface area contributed by atoms with Gasteiger partial charge in [0.25, 0.3) is 0 Å². The molecule has 3 nitrogen and oxygen atoms in total. The fraction of sp³-hybridized carbons (Fsp3) is 0.625. The Kier molecular flexibility index (Phi) is 5.67. The molecule has 0 aliphatic carbocycles. The number of ether oxygens (including phenoxy) is 2. The van der Waals surface area contributed by atoms with E-state index in [2.05, 4.69) is 30.4 Å².